The van der Waals surface area contributed by atoms with Gasteiger partial charge in [-0.1, -0.05) is 84.4 Å². The van der Waals surface area contributed by atoms with E-state index < -0.39 is 11.6 Å². The molecule has 3 saturated heterocycles. The fourth-order valence-electron chi connectivity index (χ4n) is 5.56. The molecule has 2 bridgehead atoms. The third-order valence-corrected chi connectivity index (χ3v) is 7.95. The van der Waals surface area contributed by atoms with Gasteiger partial charge in [-0.2, -0.15) is 0 Å². The number of para-hydroxylation sites is 1. The number of quaternary nitrogens is 1. The van der Waals surface area contributed by atoms with Gasteiger partial charge in [0.25, 0.3) is 0 Å². The van der Waals surface area contributed by atoms with Gasteiger partial charge in [-0.15, -0.1) is 0 Å². The number of fused-ring (bicyclic) bond motifs is 3. The summed E-state index contributed by atoms with van der Waals surface area (Å²) in [5, 5.41) is 12.4. The van der Waals surface area contributed by atoms with Crippen LogP contribution in [-0.2, 0) is 15.1 Å². The molecule has 3 aliphatic heterocycles. The molecule has 1 N–H and O–H groups in total. The van der Waals surface area contributed by atoms with E-state index >= 15 is 0 Å². The summed E-state index contributed by atoms with van der Waals surface area (Å²) in [5.74, 6) is 0.399. The average Bonchev–Trinajstić information content (AvgIpc) is 2.91. The van der Waals surface area contributed by atoms with E-state index in [1.807, 2.05) is 60.7 Å². The quantitative estimate of drug-likeness (QED) is 0.362. The lowest BCUT2D eigenvalue weighted by Gasteiger charge is -2.52. The molecule has 1 unspecified atom stereocenters. The van der Waals surface area contributed by atoms with Crippen LogP contribution in [0.1, 0.15) is 24.0 Å². The van der Waals surface area contributed by atoms with Crippen molar-refractivity contribution >= 4 is 17.6 Å². The van der Waals surface area contributed by atoms with Crippen molar-refractivity contribution < 1.29 is 23.9 Å². The number of benzene rings is 3. The van der Waals surface area contributed by atoms with Gasteiger partial charge in [0.2, 0.25) is 5.60 Å². The summed E-state index contributed by atoms with van der Waals surface area (Å²) in [4.78, 5) is 13.6. The van der Waals surface area contributed by atoms with E-state index in [0.29, 0.717) is 34.4 Å². The highest BCUT2D eigenvalue weighted by Crippen LogP contribution is 2.38. The number of carbonyl (C=O) groups excluding carboxylic acids is 1. The molecule has 0 aliphatic carbocycles. The molecule has 3 heterocycles. The Morgan fingerprint density at radius 1 is 0.914 bits per heavy atom. The zero-order valence-corrected chi connectivity index (χ0v) is 20.4. The predicted molar refractivity (Wildman–Crippen MR) is 135 cm³/mol. The van der Waals surface area contributed by atoms with Gasteiger partial charge in [0, 0.05) is 18.8 Å². The summed E-state index contributed by atoms with van der Waals surface area (Å²) in [6.07, 6.45) is 1.77. The number of rotatable bonds is 8. The molecule has 6 rings (SSSR count). The molecule has 0 amide bonds. The fraction of sp³-hybridized carbons (Fsp3) is 0.345. The van der Waals surface area contributed by atoms with Gasteiger partial charge in [-0.25, -0.2) is 4.79 Å². The van der Waals surface area contributed by atoms with Gasteiger partial charge < -0.3 is 19.1 Å². The van der Waals surface area contributed by atoms with Crippen LogP contribution in [-0.4, -0.2) is 54.4 Å². The van der Waals surface area contributed by atoms with Gasteiger partial charge in [-0.3, -0.25) is 0 Å². The first-order chi connectivity index (χ1) is 17.0. The predicted octanol–water partition coefficient (Wildman–Crippen LogP) is 4.81. The van der Waals surface area contributed by atoms with Crippen molar-refractivity contribution in [3.63, 3.8) is 0 Å². The number of nitrogens with zero attached hydrogens (tertiary/aromatic N) is 1. The topological polar surface area (TPSA) is 55.8 Å². The maximum atomic E-state index is 13.6. The van der Waals surface area contributed by atoms with Crippen LogP contribution < -0.4 is 4.74 Å². The lowest BCUT2D eigenvalue weighted by atomic mass is 9.82. The van der Waals surface area contributed by atoms with Crippen LogP contribution in [0.25, 0.3) is 0 Å². The minimum atomic E-state index is -1.85. The lowest BCUT2D eigenvalue weighted by molar-refractivity contribution is -0.946. The molecule has 3 aromatic carbocycles. The first-order valence-electron chi connectivity index (χ1n) is 12.3. The second-order valence-electron chi connectivity index (χ2n) is 9.70. The summed E-state index contributed by atoms with van der Waals surface area (Å²) in [6.45, 7) is 4.21. The lowest BCUT2D eigenvalue weighted by Crippen LogP contribution is -2.65. The second-order valence-corrected chi connectivity index (χ2v) is 10.1. The Hall–Kier alpha value is -2.86. The number of esters is 1. The molecule has 0 aromatic heterocycles. The van der Waals surface area contributed by atoms with Crippen molar-refractivity contribution in [1.29, 1.82) is 0 Å². The molecule has 5 nitrogen and oxygen atoms in total. The highest BCUT2D eigenvalue weighted by atomic mass is 35.5. The van der Waals surface area contributed by atoms with Gasteiger partial charge >= 0.3 is 5.97 Å². The minimum Gasteiger partial charge on any atom is -0.486 e. The smallest absolute Gasteiger partial charge is 0.348 e. The Balaban J connectivity index is 1.31. The SMILES string of the molecule is O=C(OC1C[N+]2(CCOc3ccccc3Cl)CCC1CC2)C(O)(c1ccccc1)c1ccccc1. The number of aliphatic hydroxyl groups is 1. The summed E-state index contributed by atoms with van der Waals surface area (Å²) in [5.41, 5.74) is -0.837. The molecule has 3 aromatic rings. The number of halogens is 1. The molecule has 0 spiro atoms. The highest BCUT2D eigenvalue weighted by molar-refractivity contribution is 6.32. The monoisotopic (exact) mass is 492 g/mol. The van der Waals surface area contributed by atoms with Gasteiger partial charge in [0.05, 0.1) is 18.1 Å². The summed E-state index contributed by atoms with van der Waals surface area (Å²) >= 11 is 6.24. The molecule has 182 valence electrons. The summed E-state index contributed by atoms with van der Waals surface area (Å²) in [6, 6.07) is 25.6. The van der Waals surface area contributed by atoms with Crippen molar-refractivity contribution in [2.24, 2.45) is 5.92 Å². The third-order valence-electron chi connectivity index (χ3n) is 7.64. The first-order valence-corrected chi connectivity index (χ1v) is 12.6. The normalized spacial score (nSPS) is 23.6. The zero-order valence-electron chi connectivity index (χ0n) is 19.7. The number of piperidine rings is 3. The highest BCUT2D eigenvalue weighted by Gasteiger charge is 2.50. The van der Waals surface area contributed by atoms with Crippen LogP contribution in [0.2, 0.25) is 5.02 Å². The van der Waals surface area contributed by atoms with E-state index in [-0.39, 0.29) is 6.10 Å². The van der Waals surface area contributed by atoms with Crippen molar-refractivity contribution in [3.05, 3.63) is 101 Å². The van der Waals surface area contributed by atoms with Gasteiger partial charge in [0.1, 0.15) is 25.4 Å². The fourth-order valence-corrected chi connectivity index (χ4v) is 5.75. The number of hydrogen-bond acceptors (Lipinski definition) is 4. The molecule has 0 radical (unpaired) electrons. The van der Waals surface area contributed by atoms with Crippen molar-refractivity contribution in [3.8, 4) is 5.75 Å². The molecular formula is C29H31ClNO4+. The van der Waals surface area contributed by atoms with Crippen molar-refractivity contribution in [1.82, 2.24) is 0 Å². The molecule has 6 heteroatoms. The van der Waals surface area contributed by atoms with Crippen LogP contribution in [0.5, 0.6) is 5.75 Å². The van der Waals surface area contributed by atoms with Gasteiger partial charge in [0.15, 0.2) is 6.10 Å². The molecule has 3 aliphatic rings. The van der Waals surface area contributed by atoms with E-state index in [0.717, 1.165) is 43.5 Å². The summed E-state index contributed by atoms with van der Waals surface area (Å²) < 4.78 is 13.0. The van der Waals surface area contributed by atoms with E-state index in [2.05, 4.69) is 0 Å². The number of hydrogen-bond donors (Lipinski definition) is 1. The average molecular weight is 493 g/mol. The Morgan fingerprint density at radius 2 is 1.49 bits per heavy atom. The van der Waals surface area contributed by atoms with Crippen LogP contribution >= 0.6 is 11.6 Å². The van der Waals surface area contributed by atoms with Crippen LogP contribution in [0.3, 0.4) is 0 Å². The molecule has 1 atom stereocenters. The molecule has 35 heavy (non-hydrogen) atoms. The maximum absolute atomic E-state index is 13.6. The zero-order chi connectivity index (χ0) is 24.3. The number of carbonyl (C=O) groups is 1. The first kappa shape index (κ1) is 23.9. The Labute approximate surface area is 211 Å². The van der Waals surface area contributed by atoms with E-state index in [1.54, 1.807) is 24.3 Å². The van der Waals surface area contributed by atoms with Crippen LogP contribution in [0.4, 0.5) is 0 Å². The van der Waals surface area contributed by atoms with Gasteiger partial charge in [-0.05, 0) is 23.3 Å². The molecular weight excluding hydrogens is 462 g/mol. The van der Waals surface area contributed by atoms with E-state index in [9.17, 15) is 9.90 Å². The van der Waals surface area contributed by atoms with E-state index in [1.165, 1.54) is 0 Å². The number of ether oxygens (including phenoxy) is 2. The maximum Gasteiger partial charge on any atom is 0.348 e. The van der Waals surface area contributed by atoms with E-state index in [4.69, 9.17) is 21.1 Å². The Bertz CT molecular complexity index is 1110. The minimum absolute atomic E-state index is 0.232. The third kappa shape index (κ3) is 4.81. The standard InChI is InChI=1S/C29H31ClNO4/c30-25-13-7-8-14-26(25)34-20-19-31-17-15-22(16-18-31)27(21-31)35-28(32)29(33,23-9-3-1-4-10-23)24-11-5-2-6-12-24/h1-14,22,27,33H,15-21H2/q+1. The van der Waals surface area contributed by atoms with Crippen LogP contribution in [0.15, 0.2) is 84.9 Å². The van der Waals surface area contributed by atoms with Crippen LogP contribution in [0, 0.1) is 5.92 Å². The Kier molecular flexibility index (Phi) is 6.83. The van der Waals surface area contributed by atoms with Crippen molar-refractivity contribution in [2.45, 2.75) is 24.5 Å². The largest absolute Gasteiger partial charge is 0.486 e. The van der Waals surface area contributed by atoms with Crippen molar-refractivity contribution in [2.75, 3.05) is 32.8 Å². The molecule has 0 saturated carbocycles. The Morgan fingerprint density at radius 3 is 2.09 bits per heavy atom. The second kappa shape index (κ2) is 10.0. The molecule has 3 fully saturated rings. The summed E-state index contributed by atoms with van der Waals surface area (Å²) in [7, 11) is 0.